The van der Waals surface area contributed by atoms with Crippen LogP contribution in [0.2, 0.25) is 0 Å². The monoisotopic (exact) mass is 275 g/mol. The van der Waals surface area contributed by atoms with Crippen molar-refractivity contribution in [2.45, 2.75) is 44.3 Å². The van der Waals surface area contributed by atoms with Crippen molar-refractivity contribution >= 4 is 0 Å². The molecule has 1 aromatic rings. The largest absolute Gasteiger partial charge is 0.573 e. The van der Waals surface area contributed by atoms with Gasteiger partial charge >= 0.3 is 6.36 Å². The summed E-state index contributed by atoms with van der Waals surface area (Å²) in [6.07, 6.45) is -2.99. The summed E-state index contributed by atoms with van der Waals surface area (Å²) in [5, 5.41) is 13.0. The third kappa shape index (κ3) is 3.84. The van der Waals surface area contributed by atoms with E-state index in [1.54, 1.807) is 19.1 Å². The molecule has 2 rings (SSSR count). The smallest absolute Gasteiger partial charge is 0.406 e. The first kappa shape index (κ1) is 14.1. The van der Waals surface area contributed by atoms with Crippen LogP contribution in [-0.2, 0) is 6.54 Å². The van der Waals surface area contributed by atoms with Crippen molar-refractivity contribution in [3.63, 3.8) is 0 Å². The third-order valence-corrected chi connectivity index (χ3v) is 3.40. The minimum atomic E-state index is -4.66. The van der Waals surface area contributed by atoms with Crippen LogP contribution in [0.25, 0.3) is 0 Å². The predicted octanol–water partition coefficient (Wildman–Crippen LogP) is 2.59. The molecule has 6 heteroatoms. The minimum absolute atomic E-state index is 0.0404. The van der Waals surface area contributed by atoms with Crippen molar-refractivity contribution in [1.82, 2.24) is 5.32 Å². The molecule has 0 heterocycles. The van der Waals surface area contributed by atoms with Crippen molar-refractivity contribution in [3.8, 4) is 5.75 Å². The minimum Gasteiger partial charge on any atom is -0.406 e. The molecular weight excluding hydrogens is 259 g/mol. The van der Waals surface area contributed by atoms with E-state index in [4.69, 9.17) is 0 Å². The van der Waals surface area contributed by atoms with Crippen LogP contribution in [0, 0.1) is 0 Å². The molecule has 0 aromatic heterocycles. The lowest BCUT2D eigenvalue weighted by atomic mass is 9.76. The van der Waals surface area contributed by atoms with Crippen LogP contribution in [0.3, 0.4) is 0 Å². The van der Waals surface area contributed by atoms with E-state index in [0.29, 0.717) is 6.54 Å². The van der Waals surface area contributed by atoms with Gasteiger partial charge in [-0.25, -0.2) is 0 Å². The van der Waals surface area contributed by atoms with Gasteiger partial charge in [-0.05, 0) is 37.5 Å². The summed E-state index contributed by atoms with van der Waals surface area (Å²) in [5.74, 6) is -0.230. The van der Waals surface area contributed by atoms with Gasteiger partial charge in [0.1, 0.15) is 5.75 Å². The zero-order valence-corrected chi connectivity index (χ0v) is 10.5. The molecule has 1 fully saturated rings. The molecule has 2 atom stereocenters. The highest BCUT2D eigenvalue weighted by Gasteiger charge is 2.40. The van der Waals surface area contributed by atoms with Gasteiger partial charge in [-0.2, -0.15) is 0 Å². The van der Waals surface area contributed by atoms with E-state index in [1.165, 1.54) is 12.1 Å². The first-order chi connectivity index (χ1) is 8.76. The van der Waals surface area contributed by atoms with Crippen LogP contribution in [0.15, 0.2) is 24.3 Å². The lowest BCUT2D eigenvalue weighted by Gasteiger charge is -2.43. The Balaban J connectivity index is 1.85. The van der Waals surface area contributed by atoms with E-state index in [0.717, 1.165) is 18.4 Å². The second kappa shape index (κ2) is 5.02. The number of rotatable bonds is 4. The summed E-state index contributed by atoms with van der Waals surface area (Å²) < 4.78 is 39.7. The van der Waals surface area contributed by atoms with Gasteiger partial charge in [-0.15, -0.1) is 13.2 Å². The summed E-state index contributed by atoms with van der Waals surface area (Å²) in [5.41, 5.74) is 0.163. The first-order valence-corrected chi connectivity index (χ1v) is 6.07. The van der Waals surface area contributed by atoms with Gasteiger partial charge in [0.2, 0.25) is 0 Å². The Bertz CT molecular complexity index is 429. The molecule has 19 heavy (non-hydrogen) atoms. The zero-order valence-electron chi connectivity index (χ0n) is 10.5. The lowest BCUT2D eigenvalue weighted by Crippen LogP contribution is -2.56. The third-order valence-electron chi connectivity index (χ3n) is 3.40. The van der Waals surface area contributed by atoms with Crippen LogP contribution in [-0.4, -0.2) is 23.1 Å². The molecule has 0 saturated heterocycles. The quantitative estimate of drug-likeness (QED) is 0.887. The summed E-state index contributed by atoms with van der Waals surface area (Å²) in [7, 11) is 0. The number of nitrogens with one attached hydrogen (secondary N) is 1. The van der Waals surface area contributed by atoms with Gasteiger partial charge in [-0.3, -0.25) is 0 Å². The van der Waals surface area contributed by atoms with Crippen LogP contribution >= 0.6 is 0 Å². The van der Waals surface area contributed by atoms with Gasteiger partial charge in [0.25, 0.3) is 0 Å². The predicted molar refractivity (Wildman–Crippen MR) is 63.6 cm³/mol. The molecule has 3 nitrogen and oxygen atoms in total. The summed E-state index contributed by atoms with van der Waals surface area (Å²) >= 11 is 0. The van der Waals surface area contributed by atoms with E-state index in [1.807, 2.05) is 0 Å². The Hall–Kier alpha value is -1.27. The van der Waals surface area contributed by atoms with E-state index >= 15 is 0 Å². The molecule has 0 bridgehead atoms. The van der Waals surface area contributed by atoms with Crippen LogP contribution < -0.4 is 10.1 Å². The van der Waals surface area contributed by atoms with E-state index in [2.05, 4.69) is 10.1 Å². The van der Waals surface area contributed by atoms with Crippen LogP contribution in [0.1, 0.15) is 25.3 Å². The SMILES string of the molecule is C[C@]1(O)CC[C@@H]1NCc1ccc(OC(F)(F)F)cc1. The molecule has 1 aromatic carbocycles. The number of hydrogen-bond acceptors (Lipinski definition) is 3. The molecule has 0 aliphatic heterocycles. The highest BCUT2D eigenvalue weighted by atomic mass is 19.4. The van der Waals surface area contributed by atoms with Gasteiger partial charge in [0, 0.05) is 12.6 Å². The fourth-order valence-electron chi connectivity index (χ4n) is 2.08. The average molecular weight is 275 g/mol. The number of halogens is 3. The van der Waals surface area contributed by atoms with Crippen molar-refractivity contribution in [2.24, 2.45) is 0 Å². The molecule has 1 saturated carbocycles. The molecule has 1 aliphatic carbocycles. The molecule has 2 N–H and O–H groups in total. The van der Waals surface area contributed by atoms with Crippen molar-refractivity contribution in [3.05, 3.63) is 29.8 Å². The number of ether oxygens (including phenoxy) is 1. The Morgan fingerprint density at radius 2 is 2.00 bits per heavy atom. The number of benzene rings is 1. The molecule has 106 valence electrons. The topological polar surface area (TPSA) is 41.5 Å². The normalized spacial score (nSPS) is 26.9. The maximum Gasteiger partial charge on any atom is 0.573 e. The highest BCUT2D eigenvalue weighted by Crippen LogP contribution is 2.31. The van der Waals surface area contributed by atoms with Gasteiger partial charge in [0.05, 0.1) is 5.60 Å². The number of alkyl halides is 3. The van der Waals surface area contributed by atoms with E-state index in [9.17, 15) is 18.3 Å². The Morgan fingerprint density at radius 1 is 1.37 bits per heavy atom. The summed E-state index contributed by atoms with van der Waals surface area (Å²) in [6.45, 7) is 2.28. The van der Waals surface area contributed by atoms with Crippen molar-refractivity contribution in [1.29, 1.82) is 0 Å². The zero-order chi connectivity index (χ0) is 14.1. The molecule has 0 amide bonds. The second-order valence-electron chi connectivity index (χ2n) is 5.02. The molecule has 0 spiro atoms. The van der Waals surface area contributed by atoms with E-state index in [-0.39, 0.29) is 11.8 Å². The van der Waals surface area contributed by atoms with E-state index < -0.39 is 12.0 Å². The van der Waals surface area contributed by atoms with Crippen molar-refractivity contribution < 1.29 is 23.0 Å². The maximum atomic E-state index is 12.0. The molecule has 0 unspecified atom stereocenters. The Kier molecular flexibility index (Phi) is 3.73. The molecular formula is C13H16F3NO2. The summed E-state index contributed by atoms with van der Waals surface area (Å²) in [6, 6.07) is 5.74. The molecule has 0 radical (unpaired) electrons. The molecule has 1 aliphatic rings. The second-order valence-corrected chi connectivity index (χ2v) is 5.02. The Labute approximate surface area is 109 Å². The standard InChI is InChI=1S/C13H16F3NO2/c1-12(18)7-6-11(12)17-8-9-2-4-10(5-3-9)19-13(14,15)16/h2-5,11,17-18H,6-8H2,1H3/t11-,12-/m0/s1. The Morgan fingerprint density at radius 3 is 2.42 bits per heavy atom. The van der Waals surface area contributed by atoms with Gasteiger partial charge in [-0.1, -0.05) is 12.1 Å². The fraction of sp³-hybridized carbons (Fsp3) is 0.538. The van der Waals surface area contributed by atoms with Gasteiger partial charge < -0.3 is 15.2 Å². The van der Waals surface area contributed by atoms with Crippen LogP contribution in [0.4, 0.5) is 13.2 Å². The average Bonchev–Trinajstić information content (AvgIpc) is 2.28. The first-order valence-electron chi connectivity index (χ1n) is 6.07. The number of hydrogen-bond donors (Lipinski definition) is 2. The summed E-state index contributed by atoms with van der Waals surface area (Å²) in [4.78, 5) is 0. The van der Waals surface area contributed by atoms with Crippen LogP contribution in [0.5, 0.6) is 5.75 Å². The lowest BCUT2D eigenvalue weighted by molar-refractivity contribution is -0.274. The van der Waals surface area contributed by atoms with Gasteiger partial charge in [0.15, 0.2) is 0 Å². The fourth-order valence-corrected chi connectivity index (χ4v) is 2.08. The highest BCUT2D eigenvalue weighted by molar-refractivity contribution is 5.27. The number of aliphatic hydroxyl groups is 1. The maximum absolute atomic E-state index is 12.0. The van der Waals surface area contributed by atoms with Crippen molar-refractivity contribution in [2.75, 3.05) is 0 Å².